The lowest BCUT2D eigenvalue weighted by Gasteiger charge is -2.32. The van der Waals surface area contributed by atoms with Crippen LogP contribution in [0.15, 0.2) is 30.5 Å². The highest BCUT2D eigenvalue weighted by Gasteiger charge is 2.31. The monoisotopic (exact) mass is 407 g/mol. The van der Waals surface area contributed by atoms with Crippen molar-refractivity contribution in [3.63, 3.8) is 0 Å². The maximum absolute atomic E-state index is 13.2. The molecule has 3 heterocycles. The highest BCUT2D eigenvalue weighted by atomic mass is 16.5. The van der Waals surface area contributed by atoms with Crippen LogP contribution in [-0.4, -0.2) is 57.3 Å². The van der Waals surface area contributed by atoms with Gasteiger partial charge in [-0.3, -0.25) is 19.3 Å². The lowest BCUT2D eigenvalue weighted by Crippen LogP contribution is -2.50. The van der Waals surface area contributed by atoms with E-state index in [0.29, 0.717) is 30.1 Å². The fourth-order valence-corrected chi connectivity index (χ4v) is 3.65. The van der Waals surface area contributed by atoms with E-state index in [1.165, 1.54) is 0 Å². The van der Waals surface area contributed by atoms with Crippen LogP contribution in [0.3, 0.4) is 0 Å². The van der Waals surface area contributed by atoms with E-state index in [0.717, 1.165) is 22.2 Å². The van der Waals surface area contributed by atoms with Crippen LogP contribution in [0.5, 0.6) is 0 Å². The van der Waals surface area contributed by atoms with Crippen LogP contribution in [0.2, 0.25) is 0 Å². The number of carbonyl (C=O) groups is 2. The molecule has 1 atom stereocenters. The van der Waals surface area contributed by atoms with Gasteiger partial charge in [0, 0.05) is 19.0 Å². The molecule has 2 amide bonds. The van der Waals surface area contributed by atoms with E-state index < -0.39 is 6.10 Å². The van der Waals surface area contributed by atoms with E-state index >= 15 is 0 Å². The molecular formula is C22H25N5O3. The molecule has 1 unspecified atom stereocenters. The highest BCUT2D eigenvalue weighted by molar-refractivity contribution is 6.00. The summed E-state index contributed by atoms with van der Waals surface area (Å²) in [6, 6.07) is 7.80. The van der Waals surface area contributed by atoms with Gasteiger partial charge < -0.3 is 15.0 Å². The van der Waals surface area contributed by atoms with E-state index in [9.17, 15) is 9.59 Å². The van der Waals surface area contributed by atoms with Gasteiger partial charge in [-0.1, -0.05) is 18.2 Å². The predicted octanol–water partition coefficient (Wildman–Crippen LogP) is 2.37. The number of ether oxygens (including phenoxy) is 1. The highest BCUT2D eigenvalue weighted by Crippen LogP contribution is 2.22. The van der Waals surface area contributed by atoms with Crippen LogP contribution < -0.4 is 5.32 Å². The summed E-state index contributed by atoms with van der Waals surface area (Å²) in [4.78, 5) is 32.2. The van der Waals surface area contributed by atoms with Crippen LogP contribution >= 0.6 is 0 Å². The van der Waals surface area contributed by atoms with Gasteiger partial charge in [0.1, 0.15) is 0 Å². The average molecular weight is 407 g/mol. The van der Waals surface area contributed by atoms with Crippen molar-refractivity contribution in [2.75, 3.05) is 25.0 Å². The Balaban J connectivity index is 1.52. The maximum Gasteiger partial charge on any atom is 0.255 e. The second-order valence-corrected chi connectivity index (χ2v) is 7.64. The molecule has 3 aromatic rings. The first-order valence-corrected chi connectivity index (χ1v) is 9.92. The molecule has 8 heteroatoms. The molecule has 1 aromatic carbocycles. The lowest BCUT2D eigenvalue weighted by molar-refractivity contribution is -0.131. The van der Waals surface area contributed by atoms with Crippen LogP contribution in [0, 0.1) is 20.8 Å². The Kier molecular flexibility index (Phi) is 5.26. The second kappa shape index (κ2) is 7.87. The Labute approximate surface area is 174 Å². The molecule has 0 aliphatic carbocycles. The Morgan fingerprint density at radius 2 is 2.03 bits per heavy atom. The average Bonchev–Trinajstić information content (AvgIpc) is 3.05. The van der Waals surface area contributed by atoms with E-state index in [2.05, 4.69) is 15.4 Å². The SMILES string of the molecule is Cc1nc2c(C)cccc2cc1C(=O)N1CCOC(C(=O)Nc2cnn(C)c2C)C1. The normalized spacial score (nSPS) is 16.7. The molecule has 156 valence electrons. The molecule has 1 fully saturated rings. The predicted molar refractivity (Wildman–Crippen MR) is 113 cm³/mol. The first-order chi connectivity index (χ1) is 14.3. The van der Waals surface area contributed by atoms with Crippen LogP contribution in [0.1, 0.15) is 27.3 Å². The number of morpholine rings is 1. The largest absolute Gasteiger partial charge is 0.365 e. The molecule has 4 rings (SSSR count). The number of nitrogens with one attached hydrogen (secondary N) is 1. The van der Waals surface area contributed by atoms with Gasteiger partial charge in [0.2, 0.25) is 0 Å². The lowest BCUT2D eigenvalue weighted by atomic mass is 10.1. The van der Waals surface area contributed by atoms with Gasteiger partial charge in [-0.2, -0.15) is 5.10 Å². The molecule has 8 nitrogen and oxygen atoms in total. The number of carbonyl (C=O) groups excluding carboxylic acids is 2. The Hall–Kier alpha value is -3.26. The molecule has 30 heavy (non-hydrogen) atoms. The summed E-state index contributed by atoms with van der Waals surface area (Å²) in [6.45, 7) is 6.64. The summed E-state index contributed by atoms with van der Waals surface area (Å²) >= 11 is 0. The molecule has 0 saturated carbocycles. The summed E-state index contributed by atoms with van der Waals surface area (Å²) in [5.74, 6) is -0.422. The van der Waals surface area contributed by atoms with Crippen molar-refractivity contribution in [1.29, 1.82) is 0 Å². The van der Waals surface area contributed by atoms with Gasteiger partial charge in [-0.05, 0) is 32.4 Å². The number of rotatable bonds is 3. The standard InChI is InChI=1S/C22H25N5O3/c1-13-6-5-7-16-10-17(14(2)24-20(13)16)22(29)27-8-9-30-19(12-27)21(28)25-18-11-23-26(4)15(18)3/h5-7,10-11,19H,8-9,12H2,1-4H3,(H,25,28). The first kappa shape index (κ1) is 20.0. The zero-order valence-corrected chi connectivity index (χ0v) is 17.6. The summed E-state index contributed by atoms with van der Waals surface area (Å²) < 4.78 is 7.33. The molecule has 1 aliphatic heterocycles. The fraction of sp³-hybridized carbons (Fsp3) is 0.364. The summed E-state index contributed by atoms with van der Waals surface area (Å²) in [6.07, 6.45) is 0.865. The smallest absolute Gasteiger partial charge is 0.255 e. The minimum atomic E-state index is -0.738. The van der Waals surface area contributed by atoms with Crippen molar-refractivity contribution >= 4 is 28.4 Å². The van der Waals surface area contributed by atoms with Crippen molar-refractivity contribution in [3.8, 4) is 0 Å². The van der Waals surface area contributed by atoms with E-state index in [4.69, 9.17) is 4.74 Å². The van der Waals surface area contributed by atoms with Gasteiger partial charge >= 0.3 is 0 Å². The number of para-hydroxylation sites is 1. The van der Waals surface area contributed by atoms with Crippen LogP contribution in [0.4, 0.5) is 5.69 Å². The third-order valence-electron chi connectivity index (χ3n) is 5.61. The maximum atomic E-state index is 13.2. The van der Waals surface area contributed by atoms with Gasteiger partial charge in [0.05, 0.1) is 47.5 Å². The van der Waals surface area contributed by atoms with Crippen molar-refractivity contribution < 1.29 is 14.3 Å². The fourth-order valence-electron chi connectivity index (χ4n) is 3.65. The molecule has 1 N–H and O–H groups in total. The van der Waals surface area contributed by atoms with Crippen LogP contribution in [-0.2, 0) is 16.6 Å². The number of nitrogens with zero attached hydrogens (tertiary/aromatic N) is 4. The number of anilines is 1. The molecule has 1 aliphatic rings. The van der Waals surface area contributed by atoms with Gasteiger partial charge in [0.25, 0.3) is 11.8 Å². The number of aryl methyl sites for hydroxylation is 3. The number of hydrogen-bond donors (Lipinski definition) is 1. The third kappa shape index (κ3) is 3.66. The summed E-state index contributed by atoms with van der Waals surface area (Å²) in [5, 5.41) is 7.90. The minimum absolute atomic E-state index is 0.137. The molecule has 1 saturated heterocycles. The molecule has 0 bridgehead atoms. The Morgan fingerprint density at radius 3 is 2.77 bits per heavy atom. The third-order valence-corrected chi connectivity index (χ3v) is 5.61. The first-order valence-electron chi connectivity index (χ1n) is 9.92. The van der Waals surface area contributed by atoms with Crippen molar-refractivity contribution in [2.24, 2.45) is 7.05 Å². The number of amides is 2. The minimum Gasteiger partial charge on any atom is -0.365 e. The second-order valence-electron chi connectivity index (χ2n) is 7.64. The van der Waals surface area contributed by atoms with Gasteiger partial charge in [-0.15, -0.1) is 0 Å². The van der Waals surface area contributed by atoms with Gasteiger partial charge in [0.15, 0.2) is 6.10 Å². The van der Waals surface area contributed by atoms with Gasteiger partial charge in [-0.25, -0.2) is 0 Å². The quantitative estimate of drug-likeness (QED) is 0.720. The van der Waals surface area contributed by atoms with Crippen molar-refractivity contribution in [2.45, 2.75) is 26.9 Å². The Morgan fingerprint density at radius 1 is 1.23 bits per heavy atom. The van der Waals surface area contributed by atoms with Crippen molar-refractivity contribution in [3.05, 3.63) is 53.0 Å². The molecule has 0 spiro atoms. The van der Waals surface area contributed by atoms with Crippen LogP contribution in [0.25, 0.3) is 10.9 Å². The zero-order valence-electron chi connectivity index (χ0n) is 17.6. The number of benzene rings is 1. The number of hydrogen-bond acceptors (Lipinski definition) is 5. The topological polar surface area (TPSA) is 89.3 Å². The summed E-state index contributed by atoms with van der Waals surface area (Å²) in [5.41, 5.74) is 4.69. The zero-order chi connectivity index (χ0) is 21.4. The van der Waals surface area contributed by atoms with E-state index in [-0.39, 0.29) is 18.4 Å². The van der Waals surface area contributed by atoms with E-state index in [1.54, 1.807) is 15.8 Å². The molecule has 0 radical (unpaired) electrons. The number of aromatic nitrogens is 3. The summed E-state index contributed by atoms with van der Waals surface area (Å²) in [7, 11) is 1.81. The molecule has 2 aromatic heterocycles. The number of pyridine rings is 1. The number of fused-ring (bicyclic) bond motifs is 1. The Bertz CT molecular complexity index is 1140. The molecular weight excluding hydrogens is 382 g/mol. The van der Waals surface area contributed by atoms with E-state index in [1.807, 2.05) is 52.1 Å². The van der Waals surface area contributed by atoms with Crippen molar-refractivity contribution in [1.82, 2.24) is 19.7 Å².